The maximum atomic E-state index is 13.5. The summed E-state index contributed by atoms with van der Waals surface area (Å²) in [6, 6.07) is 7.76. The van der Waals surface area contributed by atoms with Crippen LogP contribution < -0.4 is 5.32 Å². The zero-order valence-electron chi connectivity index (χ0n) is 25.2. The maximum Gasteiger partial charge on any atom is 0.407 e. The number of benzene rings is 1. The summed E-state index contributed by atoms with van der Waals surface area (Å²) < 4.78 is 19.1. The first kappa shape index (κ1) is 28.1. The van der Waals surface area contributed by atoms with Crippen molar-refractivity contribution in [2.24, 2.45) is 17.3 Å². The van der Waals surface area contributed by atoms with E-state index in [2.05, 4.69) is 36.3 Å². The molecule has 9 heteroatoms. The van der Waals surface area contributed by atoms with E-state index in [0.29, 0.717) is 24.8 Å². The van der Waals surface area contributed by atoms with Crippen molar-refractivity contribution in [3.05, 3.63) is 47.2 Å². The number of aromatic nitrogens is 1. The molecule has 1 aromatic carbocycles. The van der Waals surface area contributed by atoms with E-state index in [0.717, 1.165) is 17.6 Å². The second kappa shape index (κ2) is 8.68. The minimum atomic E-state index is -1.78. The van der Waals surface area contributed by atoms with Gasteiger partial charge < -0.3 is 34.7 Å². The standard InChI is InChI=1S/C33H42N2O7/c1-17(2)22(16-36)35-28(38)40-25-14-18-13-20-19-9-7-8-10-21(19)34-26(20)31(18,6)30(5)11-12-32-24(33(25,30)39)15-23(37)27(41-32)29(3,4)42-32/h7-10,15,17-18,22,25,27,34,36,39H,11-14,16H2,1-6H3,(H,35,38)/t18-,22+,25+,27+,30-,31-,32?,33+/m1/s1. The van der Waals surface area contributed by atoms with Crippen LogP contribution in [-0.4, -0.2) is 68.9 Å². The van der Waals surface area contributed by atoms with Crippen molar-refractivity contribution in [2.45, 2.75) is 108 Å². The quantitative estimate of drug-likeness (QED) is 0.431. The fourth-order valence-corrected chi connectivity index (χ4v) is 9.27. The molecule has 2 aromatic rings. The number of nitrogens with one attached hydrogen (secondary N) is 2. The molecule has 3 fully saturated rings. The number of para-hydroxylation sites is 1. The van der Waals surface area contributed by atoms with E-state index in [1.807, 2.05) is 39.8 Å². The zero-order valence-corrected chi connectivity index (χ0v) is 25.2. The van der Waals surface area contributed by atoms with Gasteiger partial charge in [0.05, 0.1) is 12.6 Å². The van der Waals surface area contributed by atoms with Crippen LogP contribution in [0.5, 0.6) is 0 Å². The summed E-state index contributed by atoms with van der Waals surface area (Å²) in [7, 11) is 0. The number of amides is 1. The average molecular weight is 579 g/mol. The SMILES string of the molecule is CC(C)[C@H](CO)NC(=O)O[C@H]1C[C@H]2Cc3c([nH]c4ccccc34)[C@]2(C)[C@@]2(C)CCC34O[C@@H](C(=O)C=C3[C@]12O)C(C)(C)O4. The molecule has 1 unspecified atom stereocenters. The maximum absolute atomic E-state index is 13.5. The van der Waals surface area contributed by atoms with Gasteiger partial charge in [0.25, 0.3) is 0 Å². The van der Waals surface area contributed by atoms with E-state index >= 15 is 0 Å². The smallest absolute Gasteiger partial charge is 0.407 e. The summed E-state index contributed by atoms with van der Waals surface area (Å²) in [5.74, 6) is -1.50. The molecule has 2 saturated carbocycles. The Bertz CT molecular complexity index is 1530. The summed E-state index contributed by atoms with van der Waals surface area (Å²) in [5, 5.41) is 27.1. The van der Waals surface area contributed by atoms with Crippen molar-refractivity contribution in [1.82, 2.24) is 10.3 Å². The Labute approximate surface area is 246 Å². The Kier molecular flexibility index (Phi) is 5.80. The van der Waals surface area contributed by atoms with Gasteiger partial charge in [-0.15, -0.1) is 0 Å². The largest absolute Gasteiger partial charge is 0.443 e. The topological polar surface area (TPSA) is 130 Å². The second-order valence-electron chi connectivity index (χ2n) is 14.4. The number of ketones is 1. The molecule has 4 N–H and O–H groups in total. The number of carbonyl (C=O) groups is 2. The fourth-order valence-electron chi connectivity index (χ4n) is 9.27. The summed E-state index contributed by atoms with van der Waals surface area (Å²) >= 11 is 0. The molecule has 0 radical (unpaired) electrons. The highest BCUT2D eigenvalue weighted by Crippen LogP contribution is 2.72. The van der Waals surface area contributed by atoms with Crippen molar-refractivity contribution >= 4 is 22.8 Å². The summed E-state index contributed by atoms with van der Waals surface area (Å²) in [6.07, 6.45) is 1.20. The van der Waals surface area contributed by atoms with E-state index in [4.69, 9.17) is 14.2 Å². The Morgan fingerprint density at radius 2 is 1.93 bits per heavy atom. The second-order valence-corrected chi connectivity index (χ2v) is 14.4. The predicted molar refractivity (Wildman–Crippen MR) is 155 cm³/mol. The number of H-pyrrole nitrogens is 1. The molecule has 226 valence electrons. The summed E-state index contributed by atoms with van der Waals surface area (Å²) in [5.41, 5.74) is -0.314. The minimum absolute atomic E-state index is 0.0187. The van der Waals surface area contributed by atoms with Gasteiger partial charge in [-0.05, 0) is 62.7 Å². The monoisotopic (exact) mass is 578 g/mol. The van der Waals surface area contributed by atoms with Gasteiger partial charge in [-0.25, -0.2) is 4.79 Å². The minimum Gasteiger partial charge on any atom is -0.443 e. The van der Waals surface area contributed by atoms with Crippen LogP contribution in [-0.2, 0) is 30.8 Å². The molecule has 9 nitrogen and oxygen atoms in total. The van der Waals surface area contributed by atoms with Crippen molar-refractivity contribution in [3.63, 3.8) is 0 Å². The Morgan fingerprint density at radius 1 is 1.19 bits per heavy atom. The number of carbonyl (C=O) groups excluding carboxylic acids is 2. The van der Waals surface area contributed by atoms with Crippen LogP contribution in [0.4, 0.5) is 4.79 Å². The highest BCUT2D eigenvalue weighted by molar-refractivity contribution is 5.97. The van der Waals surface area contributed by atoms with E-state index in [9.17, 15) is 19.8 Å². The third kappa shape index (κ3) is 3.28. The highest BCUT2D eigenvalue weighted by Gasteiger charge is 2.78. The van der Waals surface area contributed by atoms with Crippen LogP contribution in [0.3, 0.4) is 0 Å². The zero-order chi connectivity index (χ0) is 30.0. The number of aromatic amines is 1. The number of fused-ring (bicyclic) bond motifs is 9. The van der Waals surface area contributed by atoms with Crippen molar-refractivity contribution in [2.75, 3.05) is 6.61 Å². The lowest BCUT2D eigenvalue weighted by molar-refractivity contribution is -0.273. The Morgan fingerprint density at radius 3 is 2.64 bits per heavy atom. The van der Waals surface area contributed by atoms with Crippen molar-refractivity contribution in [3.8, 4) is 0 Å². The molecule has 42 heavy (non-hydrogen) atoms. The van der Waals surface area contributed by atoms with Gasteiger partial charge in [-0.2, -0.15) is 0 Å². The van der Waals surface area contributed by atoms with Crippen LogP contribution in [0.25, 0.3) is 10.9 Å². The van der Waals surface area contributed by atoms with Gasteiger partial charge in [-0.1, -0.05) is 45.9 Å². The normalized spacial score (nSPS) is 40.2. The lowest BCUT2D eigenvalue weighted by Gasteiger charge is -2.67. The number of hydrogen-bond acceptors (Lipinski definition) is 7. The van der Waals surface area contributed by atoms with Gasteiger partial charge in [0.2, 0.25) is 0 Å². The lowest BCUT2D eigenvalue weighted by atomic mass is 9.41. The number of ether oxygens (including phenoxy) is 3. The van der Waals surface area contributed by atoms with Gasteiger partial charge in [0, 0.05) is 39.4 Å². The van der Waals surface area contributed by atoms with Gasteiger partial charge in [-0.3, -0.25) is 4.79 Å². The fraction of sp³-hybridized carbons (Fsp3) is 0.636. The third-order valence-electron chi connectivity index (χ3n) is 11.8. The van der Waals surface area contributed by atoms with Crippen molar-refractivity contribution in [1.29, 1.82) is 0 Å². The number of aliphatic hydroxyl groups is 2. The summed E-state index contributed by atoms with van der Waals surface area (Å²) in [6.45, 7) is 11.6. The molecule has 7 rings (SSSR count). The number of alkyl carbamates (subject to hydrolysis) is 1. The molecule has 2 bridgehead atoms. The molecule has 1 amide bonds. The first-order chi connectivity index (χ1) is 19.7. The molecule has 3 aliphatic carbocycles. The molecule has 8 atom stereocenters. The molecule has 1 saturated heterocycles. The highest BCUT2D eigenvalue weighted by atomic mass is 16.8. The first-order valence-corrected chi connectivity index (χ1v) is 15.3. The van der Waals surface area contributed by atoms with Crippen LogP contribution in [0.2, 0.25) is 0 Å². The Balaban J connectivity index is 1.39. The predicted octanol–water partition coefficient (Wildman–Crippen LogP) is 4.04. The average Bonchev–Trinajstić information content (AvgIpc) is 3.52. The molecule has 1 aromatic heterocycles. The third-order valence-corrected chi connectivity index (χ3v) is 11.8. The molecule has 2 aliphatic heterocycles. The van der Waals surface area contributed by atoms with E-state index in [1.165, 1.54) is 17.0 Å². The number of rotatable bonds is 4. The molecule has 3 heterocycles. The van der Waals surface area contributed by atoms with Crippen LogP contribution >= 0.6 is 0 Å². The number of aliphatic hydroxyl groups excluding tert-OH is 1. The molecular formula is C33H42N2O7. The van der Waals surface area contributed by atoms with E-state index in [-0.39, 0.29) is 24.2 Å². The number of hydrogen-bond donors (Lipinski definition) is 4. The van der Waals surface area contributed by atoms with Crippen LogP contribution in [0.1, 0.15) is 72.1 Å². The molecular weight excluding hydrogens is 536 g/mol. The van der Waals surface area contributed by atoms with Gasteiger partial charge in [0.15, 0.2) is 17.7 Å². The first-order valence-electron chi connectivity index (χ1n) is 15.3. The molecule has 1 spiro atoms. The van der Waals surface area contributed by atoms with Crippen LogP contribution in [0.15, 0.2) is 35.9 Å². The molecule has 5 aliphatic rings. The van der Waals surface area contributed by atoms with Crippen LogP contribution in [0, 0.1) is 17.3 Å². The van der Waals surface area contributed by atoms with E-state index < -0.39 is 52.2 Å². The van der Waals surface area contributed by atoms with Gasteiger partial charge in [0.1, 0.15) is 17.3 Å². The van der Waals surface area contributed by atoms with E-state index in [1.54, 1.807) is 0 Å². The van der Waals surface area contributed by atoms with Crippen molar-refractivity contribution < 1.29 is 34.0 Å². The Hall–Kier alpha value is -2.72. The van der Waals surface area contributed by atoms with Gasteiger partial charge >= 0.3 is 6.09 Å². The summed E-state index contributed by atoms with van der Waals surface area (Å²) in [4.78, 5) is 30.6. The lowest BCUT2D eigenvalue weighted by Crippen LogP contribution is -2.75.